The lowest BCUT2D eigenvalue weighted by Gasteiger charge is -2.29. The van der Waals surface area contributed by atoms with Crippen LogP contribution >= 0.6 is 11.3 Å². The Morgan fingerprint density at radius 2 is 1.94 bits per heavy atom. The molecule has 250 valence electrons. The van der Waals surface area contributed by atoms with E-state index in [1.54, 1.807) is 11.0 Å². The van der Waals surface area contributed by atoms with Crippen LogP contribution in [0.5, 0.6) is 5.19 Å². The van der Waals surface area contributed by atoms with Gasteiger partial charge in [-0.1, -0.05) is 66.7 Å². The van der Waals surface area contributed by atoms with Crippen molar-refractivity contribution >= 4 is 39.2 Å². The number of thiazole rings is 1. The van der Waals surface area contributed by atoms with E-state index in [1.807, 2.05) is 51.1 Å². The van der Waals surface area contributed by atoms with Crippen molar-refractivity contribution < 1.29 is 28.3 Å². The summed E-state index contributed by atoms with van der Waals surface area (Å²) in [7, 11) is 0. The van der Waals surface area contributed by atoms with Crippen LogP contribution in [0.1, 0.15) is 77.7 Å². The van der Waals surface area contributed by atoms with Gasteiger partial charge in [-0.2, -0.15) is 0 Å². The third-order valence-electron chi connectivity index (χ3n) is 9.51. The van der Waals surface area contributed by atoms with Gasteiger partial charge in [0, 0.05) is 18.8 Å². The summed E-state index contributed by atoms with van der Waals surface area (Å²) in [5, 5.41) is 0.377. The van der Waals surface area contributed by atoms with Crippen LogP contribution < -0.4 is 10.2 Å². The molecule has 10 heteroatoms. The number of carbonyl (C=O) groups excluding carboxylic acids is 3. The molecule has 8 nitrogen and oxygen atoms in total. The van der Waals surface area contributed by atoms with Crippen LogP contribution in [-0.2, 0) is 25.6 Å². The summed E-state index contributed by atoms with van der Waals surface area (Å²) in [4.78, 5) is 54.3. The standard InChI is InChI=1S/C37H44FN3O5S/c1-36(2,3)46-40-34(44)37-21-26(37)15-11-6-4-5-10-14-25(18-24-12-8-7-9-13-24)33(43)41-23-28(20-30(41)31(42)22-37)45-35-39-29-17-16-27(38)19-32(29)47-35/h7-9,11-13,15-17,19,25-26,28,30H,4-6,10,14,18,20-23H2,1-3H3,(H,40,44)/b15-11-/t25-,26-,28-,30+,37-/m1/s1. The number of allylic oxidation sites excluding steroid dienone is 2. The van der Waals surface area contributed by atoms with Crippen LogP contribution in [0, 0.1) is 23.1 Å². The number of rotatable bonds is 6. The molecule has 1 aromatic heterocycles. The molecule has 2 fully saturated rings. The van der Waals surface area contributed by atoms with Gasteiger partial charge in [0.2, 0.25) is 5.91 Å². The molecule has 0 spiro atoms. The predicted molar refractivity (Wildman–Crippen MR) is 179 cm³/mol. The Morgan fingerprint density at radius 3 is 2.72 bits per heavy atom. The molecule has 1 aliphatic carbocycles. The Morgan fingerprint density at radius 1 is 1.13 bits per heavy atom. The van der Waals surface area contributed by atoms with Gasteiger partial charge in [0.1, 0.15) is 11.9 Å². The topological polar surface area (TPSA) is 97.8 Å². The number of nitrogens with one attached hydrogen (secondary N) is 1. The van der Waals surface area contributed by atoms with Gasteiger partial charge in [-0.15, -0.1) is 0 Å². The van der Waals surface area contributed by atoms with E-state index in [0.717, 1.165) is 37.7 Å². The van der Waals surface area contributed by atoms with Crippen molar-refractivity contribution in [3.05, 3.63) is 72.1 Å². The molecule has 1 saturated carbocycles. The Labute approximate surface area is 279 Å². The lowest BCUT2D eigenvalue weighted by Crippen LogP contribution is -2.46. The summed E-state index contributed by atoms with van der Waals surface area (Å²) >= 11 is 1.24. The maximum Gasteiger partial charge on any atom is 0.274 e. The van der Waals surface area contributed by atoms with Crippen LogP contribution in [0.4, 0.5) is 4.39 Å². The minimum atomic E-state index is -0.923. The number of aromatic nitrogens is 1. The van der Waals surface area contributed by atoms with Crippen molar-refractivity contribution in [3.63, 3.8) is 0 Å². The van der Waals surface area contributed by atoms with Crippen molar-refractivity contribution in [2.75, 3.05) is 6.54 Å². The molecule has 0 bridgehead atoms. The van der Waals surface area contributed by atoms with E-state index < -0.39 is 23.2 Å². The highest BCUT2D eigenvalue weighted by molar-refractivity contribution is 7.20. The molecule has 3 aliphatic rings. The number of hydrogen-bond acceptors (Lipinski definition) is 7. The lowest BCUT2D eigenvalue weighted by molar-refractivity contribution is -0.153. The van der Waals surface area contributed by atoms with E-state index in [-0.39, 0.29) is 48.2 Å². The molecule has 0 radical (unpaired) electrons. The van der Waals surface area contributed by atoms with Crippen LogP contribution in [0.3, 0.4) is 0 Å². The molecule has 6 rings (SSSR count). The van der Waals surface area contributed by atoms with Crippen LogP contribution in [0.15, 0.2) is 60.7 Å². The fourth-order valence-corrected chi connectivity index (χ4v) is 7.80. The summed E-state index contributed by atoms with van der Waals surface area (Å²) in [6, 6.07) is 13.7. The maximum absolute atomic E-state index is 14.5. The molecule has 2 aliphatic heterocycles. The number of nitrogens with zero attached hydrogens (tertiary/aromatic N) is 2. The van der Waals surface area contributed by atoms with Gasteiger partial charge < -0.3 is 9.64 Å². The van der Waals surface area contributed by atoms with E-state index in [0.29, 0.717) is 34.7 Å². The summed E-state index contributed by atoms with van der Waals surface area (Å²) in [5.41, 5.74) is 2.84. The van der Waals surface area contributed by atoms with Gasteiger partial charge >= 0.3 is 0 Å². The van der Waals surface area contributed by atoms with Crippen molar-refractivity contribution in [1.29, 1.82) is 0 Å². The number of Topliss-reactive ketones (excluding diaryl/α,β-unsaturated/α-hetero) is 1. The average Bonchev–Trinajstić information content (AvgIpc) is 3.34. The fourth-order valence-electron chi connectivity index (χ4n) is 6.90. The zero-order valence-corrected chi connectivity index (χ0v) is 28.2. The maximum atomic E-state index is 14.5. The Hall–Kier alpha value is -3.63. The quantitative estimate of drug-likeness (QED) is 0.226. The number of ether oxygens (including phenoxy) is 1. The number of fused-ring (bicyclic) bond motifs is 3. The van der Waals surface area contributed by atoms with Crippen molar-refractivity contribution in [1.82, 2.24) is 15.4 Å². The summed E-state index contributed by atoms with van der Waals surface area (Å²) in [5.74, 6) is -1.22. The molecular weight excluding hydrogens is 617 g/mol. The highest BCUT2D eigenvalue weighted by Gasteiger charge is 2.61. The van der Waals surface area contributed by atoms with Crippen LogP contribution in [-0.4, -0.2) is 51.8 Å². The molecule has 2 amide bonds. The molecule has 1 N–H and O–H groups in total. The van der Waals surface area contributed by atoms with E-state index in [2.05, 4.69) is 22.6 Å². The second-order valence-electron chi connectivity index (χ2n) is 14.3. The highest BCUT2D eigenvalue weighted by atomic mass is 32.1. The first-order chi connectivity index (χ1) is 22.5. The second kappa shape index (κ2) is 13.8. The third-order valence-corrected chi connectivity index (χ3v) is 10.4. The number of carbonyl (C=O) groups is 3. The smallest absolute Gasteiger partial charge is 0.274 e. The minimum absolute atomic E-state index is 0.00623. The Kier molecular flexibility index (Phi) is 9.80. The van der Waals surface area contributed by atoms with Gasteiger partial charge in [0.05, 0.1) is 33.8 Å². The minimum Gasteiger partial charge on any atom is -0.465 e. The fraction of sp³-hybridized carbons (Fsp3) is 0.514. The molecular formula is C37H44FN3O5S. The molecule has 5 atom stereocenters. The van der Waals surface area contributed by atoms with Gasteiger partial charge in [-0.05, 0) is 82.6 Å². The summed E-state index contributed by atoms with van der Waals surface area (Å²) in [6.07, 6.45) is 9.70. The number of benzene rings is 2. The van der Waals surface area contributed by atoms with Gasteiger partial charge in [0.15, 0.2) is 5.78 Å². The molecule has 0 unspecified atom stereocenters. The summed E-state index contributed by atoms with van der Waals surface area (Å²) < 4.78 is 20.8. The molecule has 1 saturated heterocycles. The van der Waals surface area contributed by atoms with E-state index in [4.69, 9.17) is 9.57 Å². The van der Waals surface area contributed by atoms with Crippen LogP contribution in [0.2, 0.25) is 0 Å². The van der Waals surface area contributed by atoms with Crippen molar-refractivity contribution in [2.24, 2.45) is 17.3 Å². The van der Waals surface area contributed by atoms with Gasteiger partial charge in [-0.3, -0.25) is 19.2 Å². The van der Waals surface area contributed by atoms with Gasteiger partial charge in [0.25, 0.3) is 11.1 Å². The van der Waals surface area contributed by atoms with Crippen molar-refractivity contribution in [2.45, 2.75) is 96.3 Å². The number of ketones is 1. The SMILES string of the molecule is CC(C)(C)ONC(=O)[C@]12CC(=O)[C@@H]3C[C@@H](Oc4nc5ccc(F)cc5s4)CN3C(=O)[C@@H](Cc3ccccc3)CCCCC/C=C\[C@@H]1C2. The van der Waals surface area contributed by atoms with Gasteiger partial charge in [-0.25, -0.2) is 14.9 Å². The number of amides is 2. The number of hydrogen-bond donors (Lipinski definition) is 1. The second-order valence-corrected chi connectivity index (χ2v) is 15.3. The lowest BCUT2D eigenvalue weighted by atomic mass is 9.90. The summed E-state index contributed by atoms with van der Waals surface area (Å²) in [6.45, 7) is 5.80. The van der Waals surface area contributed by atoms with Crippen LogP contribution in [0.25, 0.3) is 10.2 Å². The third kappa shape index (κ3) is 7.92. The number of halogens is 1. The predicted octanol–water partition coefficient (Wildman–Crippen LogP) is 6.97. The Balaban J connectivity index is 1.28. The van der Waals surface area contributed by atoms with E-state index in [1.165, 1.54) is 23.5 Å². The van der Waals surface area contributed by atoms with Crippen molar-refractivity contribution in [3.8, 4) is 5.19 Å². The first kappa shape index (κ1) is 33.3. The average molecular weight is 662 g/mol. The largest absolute Gasteiger partial charge is 0.465 e. The zero-order chi connectivity index (χ0) is 33.2. The molecule has 47 heavy (non-hydrogen) atoms. The number of hydroxylamine groups is 1. The molecule has 3 aromatic rings. The first-order valence-corrected chi connectivity index (χ1v) is 17.6. The molecule has 2 aromatic carbocycles. The van der Waals surface area contributed by atoms with E-state index in [9.17, 15) is 18.8 Å². The normalized spacial score (nSPS) is 27.8. The first-order valence-electron chi connectivity index (χ1n) is 16.8. The highest BCUT2D eigenvalue weighted by Crippen LogP contribution is 2.57. The zero-order valence-electron chi connectivity index (χ0n) is 27.4. The molecule has 3 heterocycles. The van der Waals surface area contributed by atoms with E-state index >= 15 is 0 Å². The Bertz CT molecular complexity index is 1640. The monoisotopic (exact) mass is 661 g/mol.